The molecule has 108 valence electrons. The van der Waals surface area contributed by atoms with Gasteiger partial charge < -0.3 is 10.1 Å². The van der Waals surface area contributed by atoms with Crippen LogP contribution in [0.25, 0.3) is 0 Å². The van der Waals surface area contributed by atoms with Gasteiger partial charge in [-0.25, -0.2) is 0 Å². The number of aryl methyl sites for hydroxylation is 1. The lowest BCUT2D eigenvalue weighted by Crippen LogP contribution is -2.27. The summed E-state index contributed by atoms with van der Waals surface area (Å²) in [5.41, 5.74) is 2.86. The van der Waals surface area contributed by atoms with Gasteiger partial charge in [-0.15, -0.1) is 0 Å². The van der Waals surface area contributed by atoms with Crippen molar-refractivity contribution in [2.45, 2.75) is 53.5 Å². The highest BCUT2D eigenvalue weighted by molar-refractivity contribution is 5.39. The monoisotopic (exact) mass is 263 g/mol. The fourth-order valence-electron chi connectivity index (χ4n) is 2.35. The number of hydrogen-bond acceptors (Lipinski definition) is 2. The first-order valence-electron chi connectivity index (χ1n) is 7.25. The van der Waals surface area contributed by atoms with Crippen LogP contribution in [0.2, 0.25) is 0 Å². The van der Waals surface area contributed by atoms with Gasteiger partial charge in [0.15, 0.2) is 0 Å². The maximum atomic E-state index is 5.54. The van der Waals surface area contributed by atoms with Gasteiger partial charge >= 0.3 is 0 Å². The highest BCUT2D eigenvalue weighted by Crippen LogP contribution is 2.34. The molecule has 2 nitrogen and oxygen atoms in total. The highest BCUT2D eigenvalue weighted by atomic mass is 16.5. The van der Waals surface area contributed by atoms with Crippen molar-refractivity contribution in [3.8, 4) is 5.75 Å². The van der Waals surface area contributed by atoms with E-state index in [0.29, 0.717) is 11.5 Å². The Kier molecular flexibility index (Phi) is 5.86. The smallest absolute Gasteiger partial charge is 0.123 e. The second-order valence-corrected chi connectivity index (χ2v) is 6.52. The number of ether oxygens (including phenoxy) is 1. The van der Waals surface area contributed by atoms with Crippen LogP contribution in [0, 0.1) is 12.3 Å². The first kappa shape index (κ1) is 16.0. The minimum Gasteiger partial charge on any atom is -0.496 e. The van der Waals surface area contributed by atoms with Crippen molar-refractivity contribution in [2.24, 2.45) is 5.41 Å². The van der Waals surface area contributed by atoms with Crippen LogP contribution in [0.15, 0.2) is 18.2 Å². The minimum absolute atomic E-state index is 0.292. The number of benzene rings is 1. The molecule has 1 unspecified atom stereocenters. The summed E-state index contributed by atoms with van der Waals surface area (Å²) in [5, 5.41) is 3.66. The first-order valence-corrected chi connectivity index (χ1v) is 7.25. The average molecular weight is 263 g/mol. The molecule has 0 spiro atoms. The van der Waals surface area contributed by atoms with E-state index in [1.165, 1.54) is 11.1 Å². The van der Waals surface area contributed by atoms with E-state index in [-0.39, 0.29) is 0 Å². The number of nitrogens with one attached hydrogen (secondary N) is 1. The molecule has 0 bridgehead atoms. The molecule has 0 fully saturated rings. The molecule has 0 aliphatic heterocycles. The van der Waals surface area contributed by atoms with Crippen molar-refractivity contribution in [2.75, 3.05) is 13.7 Å². The van der Waals surface area contributed by atoms with E-state index < -0.39 is 0 Å². The van der Waals surface area contributed by atoms with E-state index in [0.717, 1.165) is 25.1 Å². The Morgan fingerprint density at radius 3 is 2.47 bits per heavy atom. The SMILES string of the molecule is CCCNC(CC(C)(C)C)c1cc(C)ccc1OC. The number of hydrogen-bond donors (Lipinski definition) is 1. The van der Waals surface area contributed by atoms with Crippen LogP contribution in [-0.4, -0.2) is 13.7 Å². The molecule has 0 amide bonds. The Balaban J connectivity index is 3.04. The second-order valence-electron chi connectivity index (χ2n) is 6.52. The van der Waals surface area contributed by atoms with Gasteiger partial charge in [0.1, 0.15) is 5.75 Å². The van der Waals surface area contributed by atoms with Gasteiger partial charge in [-0.3, -0.25) is 0 Å². The fraction of sp³-hybridized carbons (Fsp3) is 0.647. The standard InChI is InChI=1S/C17H29NO/c1-7-10-18-15(12-17(3,4)5)14-11-13(2)8-9-16(14)19-6/h8-9,11,15,18H,7,10,12H2,1-6H3. The maximum absolute atomic E-state index is 5.54. The Morgan fingerprint density at radius 2 is 1.95 bits per heavy atom. The molecule has 1 aromatic rings. The molecule has 1 aromatic carbocycles. The fourth-order valence-corrected chi connectivity index (χ4v) is 2.35. The third kappa shape index (κ3) is 5.23. The molecule has 19 heavy (non-hydrogen) atoms. The van der Waals surface area contributed by atoms with Crippen LogP contribution >= 0.6 is 0 Å². The zero-order valence-corrected chi connectivity index (χ0v) is 13.3. The molecule has 0 heterocycles. The van der Waals surface area contributed by atoms with Crippen LogP contribution < -0.4 is 10.1 Å². The summed E-state index contributed by atoms with van der Waals surface area (Å²) >= 11 is 0. The molecule has 0 aliphatic rings. The molecule has 1 N–H and O–H groups in total. The summed E-state index contributed by atoms with van der Waals surface area (Å²) in [6.07, 6.45) is 2.25. The molecule has 0 saturated heterocycles. The molecule has 2 heteroatoms. The molecule has 0 radical (unpaired) electrons. The Bertz CT molecular complexity index is 393. The molecule has 1 rings (SSSR count). The van der Waals surface area contributed by atoms with Crippen LogP contribution in [-0.2, 0) is 0 Å². The van der Waals surface area contributed by atoms with Gasteiger partial charge in [0.25, 0.3) is 0 Å². The van der Waals surface area contributed by atoms with Gasteiger partial charge in [-0.1, -0.05) is 45.4 Å². The van der Waals surface area contributed by atoms with Crippen LogP contribution in [0.5, 0.6) is 5.75 Å². The van der Waals surface area contributed by atoms with Gasteiger partial charge in [-0.05, 0) is 37.8 Å². The normalized spacial score (nSPS) is 13.4. The quantitative estimate of drug-likeness (QED) is 0.817. The topological polar surface area (TPSA) is 21.3 Å². The molecular formula is C17H29NO. The number of methoxy groups -OCH3 is 1. The zero-order valence-electron chi connectivity index (χ0n) is 13.3. The number of rotatable bonds is 6. The van der Waals surface area contributed by atoms with Crippen molar-refractivity contribution < 1.29 is 4.74 Å². The average Bonchev–Trinajstić information content (AvgIpc) is 2.33. The largest absolute Gasteiger partial charge is 0.496 e. The first-order chi connectivity index (χ1) is 8.87. The zero-order chi connectivity index (χ0) is 14.5. The maximum Gasteiger partial charge on any atom is 0.123 e. The van der Waals surface area contributed by atoms with Crippen molar-refractivity contribution in [3.05, 3.63) is 29.3 Å². The van der Waals surface area contributed by atoms with Gasteiger partial charge in [0, 0.05) is 11.6 Å². The molecule has 0 saturated carbocycles. The van der Waals surface area contributed by atoms with Gasteiger partial charge in [0.2, 0.25) is 0 Å². The lowest BCUT2D eigenvalue weighted by atomic mass is 9.85. The van der Waals surface area contributed by atoms with E-state index in [9.17, 15) is 0 Å². The Morgan fingerprint density at radius 1 is 1.26 bits per heavy atom. The van der Waals surface area contributed by atoms with Crippen molar-refractivity contribution in [3.63, 3.8) is 0 Å². The summed E-state index contributed by atoms with van der Waals surface area (Å²) in [6.45, 7) is 12.2. The van der Waals surface area contributed by atoms with Crippen molar-refractivity contribution >= 4 is 0 Å². The minimum atomic E-state index is 0.292. The summed E-state index contributed by atoms with van der Waals surface area (Å²) in [6, 6.07) is 6.79. The highest BCUT2D eigenvalue weighted by Gasteiger charge is 2.22. The van der Waals surface area contributed by atoms with Crippen molar-refractivity contribution in [1.29, 1.82) is 0 Å². The van der Waals surface area contributed by atoms with Crippen LogP contribution in [0.3, 0.4) is 0 Å². The van der Waals surface area contributed by atoms with E-state index in [2.05, 4.69) is 58.1 Å². The van der Waals surface area contributed by atoms with Crippen molar-refractivity contribution in [1.82, 2.24) is 5.32 Å². The van der Waals surface area contributed by atoms with Crippen LogP contribution in [0.4, 0.5) is 0 Å². The van der Waals surface area contributed by atoms with E-state index in [4.69, 9.17) is 4.74 Å². The van der Waals surface area contributed by atoms with E-state index >= 15 is 0 Å². The molecular weight excluding hydrogens is 234 g/mol. The van der Waals surface area contributed by atoms with E-state index in [1.54, 1.807) is 7.11 Å². The van der Waals surface area contributed by atoms with E-state index in [1.807, 2.05) is 0 Å². The second kappa shape index (κ2) is 6.95. The van der Waals surface area contributed by atoms with Gasteiger partial charge in [0.05, 0.1) is 7.11 Å². The lowest BCUT2D eigenvalue weighted by Gasteiger charge is -2.28. The van der Waals surface area contributed by atoms with Gasteiger partial charge in [-0.2, -0.15) is 0 Å². The summed E-state index contributed by atoms with van der Waals surface area (Å²) in [4.78, 5) is 0. The Hall–Kier alpha value is -1.02. The lowest BCUT2D eigenvalue weighted by molar-refractivity contribution is 0.304. The third-order valence-corrected chi connectivity index (χ3v) is 3.22. The predicted molar refractivity (Wildman–Crippen MR) is 82.8 cm³/mol. The molecule has 0 aliphatic carbocycles. The van der Waals surface area contributed by atoms with Crippen LogP contribution in [0.1, 0.15) is 57.7 Å². The predicted octanol–water partition coefficient (Wildman–Crippen LogP) is 4.48. The summed E-state index contributed by atoms with van der Waals surface area (Å²) < 4.78 is 5.54. The molecule has 0 aromatic heterocycles. The third-order valence-electron chi connectivity index (χ3n) is 3.22. The summed E-state index contributed by atoms with van der Waals surface area (Å²) in [5.74, 6) is 0.989. The Labute approximate surface area is 118 Å². The molecule has 1 atom stereocenters. The summed E-state index contributed by atoms with van der Waals surface area (Å²) in [7, 11) is 1.75.